The highest BCUT2D eigenvalue weighted by atomic mass is 79.9. The van der Waals surface area contributed by atoms with Crippen LogP contribution in [0.2, 0.25) is 0 Å². The number of rotatable bonds is 4. The molecule has 3 aromatic rings. The van der Waals surface area contributed by atoms with E-state index >= 15 is 0 Å². The number of hydrogen-bond donors (Lipinski definition) is 1. The molecule has 0 bridgehead atoms. The van der Waals surface area contributed by atoms with Gasteiger partial charge in [0.1, 0.15) is 0 Å². The van der Waals surface area contributed by atoms with Crippen LogP contribution in [0.3, 0.4) is 0 Å². The predicted octanol–water partition coefficient (Wildman–Crippen LogP) is 3.46. The molecule has 138 valence electrons. The molecule has 2 heterocycles. The van der Waals surface area contributed by atoms with E-state index in [1.54, 1.807) is 11.1 Å². The van der Waals surface area contributed by atoms with E-state index in [4.69, 9.17) is 0 Å². The molecule has 5 nitrogen and oxygen atoms in total. The van der Waals surface area contributed by atoms with Crippen molar-refractivity contribution in [2.75, 3.05) is 26.2 Å². The van der Waals surface area contributed by atoms with Gasteiger partial charge in [-0.3, -0.25) is 14.5 Å². The Balaban J connectivity index is 1.41. The molecule has 1 aromatic heterocycles. The summed E-state index contributed by atoms with van der Waals surface area (Å²) in [7, 11) is 0. The molecule has 0 saturated carbocycles. The molecule has 1 amide bonds. The molecule has 1 N–H and O–H groups in total. The van der Waals surface area contributed by atoms with Crippen molar-refractivity contribution in [3.63, 3.8) is 0 Å². The molecule has 1 saturated heterocycles. The van der Waals surface area contributed by atoms with E-state index in [9.17, 15) is 9.59 Å². The normalized spacial score (nSPS) is 15.2. The molecule has 0 spiro atoms. The van der Waals surface area contributed by atoms with Gasteiger partial charge in [0.15, 0.2) is 0 Å². The Morgan fingerprint density at radius 3 is 2.48 bits per heavy atom. The second-order valence-corrected chi connectivity index (χ2v) is 7.69. The zero-order valence-electron chi connectivity index (χ0n) is 14.8. The number of halogens is 1. The highest BCUT2D eigenvalue weighted by molar-refractivity contribution is 9.10. The lowest BCUT2D eigenvalue weighted by Gasteiger charge is -2.34. The Morgan fingerprint density at radius 1 is 1.00 bits per heavy atom. The molecule has 1 aliphatic heterocycles. The number of amides is 1. The fourth-order valence-corrected chi connectivity index (χ4v) is 3.85. The second kappa shape index (κ2) is 7.66. The van der Waals surface area contributed by atoms with Crippen LogP contribution >= 0.6 is 15.9 Å². The first-order valence-corrected chi connectivity index (χ1v) is 9.77. The summed E-state index contributed by atoms with van der Waals surface area (Å²) in [4.78, 5) is 32.5. The van der Waals surface area contributed by atoms with E-state index < -0.39 is 11.7 Å². The Hall–Kier alpha value is -2.44. The van der Waals surface area contributed by atoms with Gasteiger partial charge in [0.05, 0.1) is 5.56 Å². The van der Waals surface area contributed by atoms with E-state index in [0.717, 1.165) is 35.0 Å². The van der Waals surface area contributed by atoms with E-state index in [2.05, 4.69) is 37.9 Å². The number of carbonyl (C=O) groups is 2. The molecule has 0 unspecified atom stereocenters. The van der Waals surface area contributed by atoms with Crippen LogP contribution < -0.4 is 0 Å². The van der Waals surface area contributed by atoms with Crippen LogP contribution in [0.4, 0.5) is 0 Å². The van der Waals surface area contributed by atoms with Crippen molar-refractivity contribution in [2.24, 2.45) is 0 Å². The minimum Gasteiger partial charge on any atom is -0.360 e. The minimum atomic E-state index is -0.448. The first-order chi connectivity index (χ1) is 13.1. The molecular formula is C21H20BrN3O2. The van der Waals surface area contributed by atoms with Gasteiger partial charge in [-0.25, -0.2) is 0 Å². The highest BCUT2D eigenvalue weighted by Crippen LogP contribution is 2.23. The summed E-state index contributed by atoms with van der Waals surface area (Å²) in [5, 5.41) is 0.769. The topological polar surface area (TPSA) is 56.4 Å². The van der Waals surface area contributed by atoms with E-state index in [0.29, 0.717) is 18.7 Å². The van der Waals surface area contributed by atoms with E-state index in [-0.39, 0.29) is 0 Å². The van der Waals surface area contributed by atoms with Crippen molar-refractivity contribution in [1.82, 2.24) is 14.8 Å². The van der Waals surface area contributed by atoms with E-state index in [1.807, 2.05) is 36.4 Å². The van der Waals surface area contributed by atoms with Crippen molar-refractivity contribution >= 4 is 38.5 Å². The number of nitrogens with zero attached hydrogens (tertiary/aromatic N) is 2. The number of Topliss-reactive ketones (excluding diaryl/α,β-unsaturated/α-hetero) is 1. The molecule has 0 atom stereocenters. The van der Waals surface area contributed by atoms with Crippen molar-refractivity contribution in [2.45, 2.75) is 6.54 Å². The summed E-state index contributed by atoms with van der Waals surface area (Å²) in [6.07, 6.45) is 1.63. The smallest absolute Gasteiger partial charge is 0.295 e. The highest BCUT2D eigenvalue weighted by Gasteiger charge is 2.28. The van der Waals surface area contributed by atoms with Crippen molar-refractivity contribution in [3.05, 3.63) is 70.3 Å². The number of ketones is 1. The van der Waals surface area contributed by atoms with Crippen LogP contribution in [0, 0.1) is 0 Å². The first-order valence-electron chi connectivity index (χ1n) is 8.98. The quantitative estimate of drug-likeness (QED) is 0.514. The second-order valence-electron chi connectivity index (χ2n) is 6.78. The van der Waals surface area contributed by atoms with Gasteiger partial charge in [-0.15, -0.1) is 0 Å². The third kappa shape index (κ3) is 3.82. The first kappa shape index (κ1) is 17.9. The average Bonchev–Trinajstić information content (AvgIpc) is 3.11. The number of hydrogen-bond acceptors (Lipinski definition) is 3. The zero-order valence-corrected chi connectivity index (χ0v) is 16.4. The number of aromatic nitrogens is 1. The van der Waals surface area contributed by atoms with Crippen LogP contribution in [0.25, 0.3) is 10.9 Å². The molecule has 1 aliphatic rings. The summed E-state index contributed by atoms with van der Waals surface area (Å²) in [5.41, 5.74) is 2.54. The van der Waals surface area contributed by atoms with Gasteiger partial charge in [-0.2, -0.15) is 0 Å². The van der Waals surface area contributed by atoms with Crippen molar-refractivity contribution < 1.29 is 9.59 Å². The number of aromatic amines is 1. The standard InChI is InChI=1S/C21H20BrN3O2/c22-16-6-7-19-17(12-16)18(13-23-19)20(26)21(27)25-10-8-24(9-11-25)14-15-4-2-1-3-5-15/h1-7,12-13,23H,8-11,14H2. The number of H-pyrrole nitrogens is 1. The largest absolute Gasteiger partial charge is 0.360 e. The van der Waals surface area contributed by atoms with Gasteiger partial charge < -0.3 is 9.88 Å². The fraction of sp³-hybridized carbons (Fsp3) is 0.238. The van der Waals surface area contributed by atoms with Gasteiger partial charge in [-0.1, -0.05) is 46.3 Å². The SMILES string of the molecule is O=C(C(=O)N1CCN(Cc2ccccc2)CC1)c1c[nH]c2ccc(Br)cc12. The molecule has 6 heteroatoms. The van der Waals surface area contributed by atoms with Gasteiger partial charge >= 0.3 is 0 Å². The maximum Gasteiger partial charge on any atom is 0.295 e. The third-order valence-electron chi connectivity index (χ3n) is 4.99. The summed E-state index contributed by atoms with van der Waals surface area (Å²) in [5.74, 6) is -0.869. The number of nitrogens with one attached hydrogen (secondary N) is 1. The zero-order chi connectivity index (χ0) is 18.8. The fourth-order valence-electron chi connectivity index (χ4n) is 3.49. The van der Waals surface area contributed by atoms with Gasteiger partial charge in [0, 0.05) is 54.3 Å². The Morgan fingerprint density at radius 2 is 1.74 bits per heavy atom. The van der Waals surface area contributed by atoms with E-state index in [1.165, 1.54) is 5.56 Å². The molecule has 1 fully saturated rings. The summed E-state index contributed by atoms with van der Waals surface area (Å²) >= 11 is 3.42. The molecular weight excluding hydrogens is 406 g/mol. The maximum absolute atomic E-state index is 12.8. The van der Waals surface area contributed by atoms with Crippen LogP contribution in [-0.4, -0.2) is 52.7 Å². The van der Waals surface area contributed by atoms with Gasteiger partial charge in [0.2, 0.25) is 0 Å². The Labute approximate surface area is 166 Å². The lowest BCUT2D eigenvalue weighted by atomic mass is 10.1. The molecule has 2 aromatic carbocycles. The maximum atomic E-state index is 12.8. The molecule has 27 heavy (non-hydrogen) atoms. The van der Waals surface area contributed by atoms with Crippen LogP contribution in [0.1, 0.15) is 15.9 Å². The van der Waals surface area contributed by atoms with Crippen molar-refractivity contribution in [1.29, 1.82) is 0 Å². The number of piperazine rings is 1. The van der Waals surface area contributed by atoms with Crippen molar-refractivity contribution in [3.8, 4) is 0 Å². The van der Waals surface area contributed by atoms with Gasteiger partial charge in [-0.05, 0) is 23.8 Å². The number of fused-ring (bicyclic) bond motifs is 1. The Kier molecular flexibility index (Phi) is 5.09. The van der Waals surface area contributed by atoms with Gasteiger partial charge in [0.25, 0.3) is 11.7 Å². The number of carbonyl (C=O) groups excluding carboxylic acids is 2. The molecule has 0 radical (unpaired) electrons. The summed E-state index contributed by atoms with van der Waals surface area (Å²) in [6, 6.07) is 16.0. The minimum absolute atomic E-state index is 0.421. The predicted molar refractivity (Wildman–Crippen MR) is 109 cm³/mol. The summed E-state index contributed by atoms with van der Waals surface area (Å²) < 4.78 is 0.880. The third-order valence-corrected chi connectivity index (χ3v) is 5.48. The van der Waals surface area contributed by atoms with Crippen LogP contribution in [-0.2, 0) is 11.3 Å². The number of benzene rings is 2. The molecule has 4 rings (SSSR count). The van der Waals surface area contributed by atoms with Crippen LogP contribution in [0.15, 0.2) is 59.2 Å². The molecule has 0 aliphatic carbocycles. The lowest BCUT2D eigenvalue weighted by molar-refractivity contribution is -0.128. The summed E-state index contributed by atoms with van der Waals surface area (Å²) in [6.45, 7) is 3.56. The van der Waals surface area contributed by atoms with Crippen LogP contribution in [0.5, 0.6) is 0 Å². The lowest BCUT2D eigenvalue weighted by Crippen LogP contribution is -2.50. The monoisotopic (exact) mass is 425 g/mol. The average molecular weight is 426 g/mol. The Bertz CT molecular complexity index is 976.